The van der Waals surface area contributed by atoms with Crippen molar-refractivity contribution in [3.63, 3.8) is 0 Å². The van der Waals surface area contributed by atoms with Gasteiger partial charge in [0.1, 0.15) is 0 Å². The van der Waals surface area contributed by atoms with E-state index in [2.05, 4.69) is 89.5 Å². The van der Waals surface area contributed by atoms with Gasteiger partial charge in [-0.1, -0.05) is 145 Å². The van der Waals surface area contributed by atoms with Crippen LogP contribution in [0.2, 0.25) is 0 Å². The van der Waals surface area contributed by atoms with E-state index < -0.39 is 0 Å². The molecule has 2 aromatic heterocycles. The molecule has 0 atom stereocenters. The van der Waals surface area contributed by atoms with Crippen LogP contribution in [0.25, 0.3) is 110 Å². The van der Waals surface area contributed by atoms with Crippen LogP contribution in [0.5, 0.6) is 0 Å². The zero-order valence-electron chi connectivity index (χ0n) is 37.9. The highest BCUT2D eigenvalue weighted by molar-refractivity contribution is 6.25. The van der Waals surface area contributed by atoms with E-state index in [4.69, 9.17) is 6.85 Å². The second kappa shape index (κ2) is 12.0. The van der Waals surface area contributed by atoms with Gasteiger partial charge >= 0.3 is 0 Å². The van der Waals surface area contributed by atoms with Crippen molar-refractivity contribution in [1.82, 2.24) is 9.13 Å². The lowest BCUT2D eigenvalue weighted by molar-refractivity contribution is 1.17. The molecular weight excluding hydrogens is 677 g/mol. The third-order valence-corrected chi connectivity index (χ3v) is 11.3. The van der Waals surface area contributed by atoms with Crippen molar-refractivity contribution < 1.29 is 11.0 Å². The van der Waals surface area contributed by atoms with E-state index in [1.54, 1.807) is 6.07 Å². The van der Waals surface area contributed by atoms with Crippen molar-refractivity contribution in [3.05, 3.63) is 206 Å². The molecule has 0 N–H and O–H groups in total. The summed E-state index contributed by atoms with van der Waals surface area (Å²) in [6.45, 7) is 0. The average molecular weight is 719 g/mol. The standard InChI is InChI=1S/C54H34N2/c1-3-11-35(12-4-1)38-19-21-42-31-44(26-23-40(42)29-38)55-50-18-10-9-17-47(50)48-33-49-53(34-52(48)55)56(51-28-25-37-15-7-8-16-46(37)54(49)51)45-27-24-41-30-39(20-22-43(41)32-45)36-13-5-2-6-14-36/h1-34H/i7D,8D,9D,10D,15D,16D,17D,18D. The van der Waals surface area contributed by atoms with Gasteiger partial charge in [-0.25, -0.2) is 0 Å². The highest BCUT2D eigenvalue weighted by Gasteiger charge is 2.20. The second-order valence-electron chi connectivity index (χ2n) is 14.4. The van der Waals surface area contributed by atoms with Crippen LogP contribution in [0.1, 0.15) is 11.0 Å². The lowest BCUT2D eigenvalue weighted by Crippen LogP contribution is -1.96. The predicted octanol–water partition coefficient (Wildman–Crippen LogP) is 14.7. The molecule has 0 spiro atoms. The minimum atomic E-state index is -0.336. The minimum Gasteiger partial charge on any atom is -0.309 e. The molecule has 0 bridgehead atoms. The van der Waals surface area contributed by atoms with Crippen molar-refractivity contribution >= 4 is 75.9 Å². The van der Waals surface area contributed by atoms with Crippen molar-refractivity contribution in [2.24, 2.45) is 0 Å². The quantitative estimate of drug-likeness (QED) is 0.171. The molecule has 0 amide bonds. The number of hydrogen-bond donors (Lipinski definition) is 0. The van der Waals surface area contributed by atoms with Gasteiger partial charge in [-0.05, 0) is 115 Å². The van der Waals surface area contributed by atoms with Crippen LogP contribution >= 0.6 is 0 Å². The van der Waals surface area contributed by atoms with Crippen molar-refractivity contribution in [3.8, 4) is 33.6 Å². The number of nitrogens with zero attached hydrogens (tertiary/aromatic N) is 2. The second-order valence-corrected chi connectivity index (χ2v) is 14.4. The molecule has 0 aliphatic rings. The van der Waals surface area contributed by atoms with Crippen LogP contribution in [0.4, 0.5) is 0 Å². The maximum Gasteiger partial charge on any atom is 0.0645 e. The Labute approximate surface area is 335 Å². The summed E-state index contributed by atoms with van der Waals surface area (Å²) in [4.78, 5) is 0. The fourth-order valence-electron chi connectivity index (χ4n) is 8.65. The third kappa shape index (κ3) is 4.69. The fraction of sp³-hybridized carbons (Fsp3) is 0. The number of benzene rings is 10. The first-order valence-electron chi connectivity index (χ1n) is 22.7. The Morgan fingerprint density at radius 3 is 1.48 bits per heavy atom. The van der Waals surface area contributed by atoms with Gasteiger partial charge in [0.15, 0.2) is 0 Å². The van der Waals surface area contributed by atoms with Crippen LogP contribution in [0.3, 0.4) is 0 Å². The SMILES string of the molecule is [2H]c1c([2H])c([2H])c2c(ccc3c2c2cc4c5c([2H])c([2H])c([2H])c([2H])c5n(-c5ccc6cc(-c7ccccc7)ccc6c5)c4cc2n3-c2ccc3cc(-c4ccccc4)ccc3c2)c1[2H]. The number of rotatable bonds is 4. The van der Waals surface area contributed by atoms with E-state index in [1.165, 1.54) is 0 Å². The Kier molecular flexibility index (Phi) is 5.18. The summed E-state index contributed by atoms with van der Waals surface area (Å²) < 4.78 is 75.7. The van der Waals surface area contributed by atoms with E-state index in [0.29, 0.717) is 43.4 Å². The monoisotopic (exact) mass is 718 g/mol. The van der Waals surface area contributed by atoms with Crippen LogP contribution in [0, 0.1) is 0 Å². The molecule has 0 aliphatic carbocycles. The molecule has 0 unspecified atom stereocenters. The average Bonchev–Trinajstić information content (AvgIpc) is 3.85. The van der Waals surface area contributed by atoms with E-state index >= 15 is 0 Å². The van der Waals surface area contributed by atoms with Gasteiger partial charge in [-0.15, -0.1) is 0 Å². The highest BCUT2D eigenvalue weighted by atomic mass is 15.0. The molecule has 0 saturated heterocycles. The fourth-order valence-corrected chi connectivity index (χ4v) is 8.65. The summed E-state index contributed by atoms with van der Waals surface area (Å²) in [6, 6.07) is 51.3. The lowest BCUT2D eigenvalue weighted by atomic mass is 10.0. The molecule has 0 radical (unpaired) electrons. The zero-order valence-corrected chi connectivity index (χ0v) is 29.9. The van der Waals surface area contributed by atoms with Crippen LogP contribution in [0.15, 0.2) is 206 Å². The Morgan fingerprint density at radius 1 is 0.304 bits per heavy atom. The van der Waals surface area contributed by atoms with Gasteiger partial charge in [0.2, 0.25) is 0 Å². The summed E-state index contributed by atoms with van der Waals surface area (Å²) in [5, 5.41) is 7.12. The number of hydrogen-bond acceptors (Lipinski definition) is 0. The molecule has 0 aliphatic heterocycles. The molecule has 12 aromatic rings. The lowest BCUT2D eigenvalue weighted by Gasteiger charge is -2.12. The zero-order chi connectivity index (χ0) is 43.7. The maximum absolute atomic E-state index is 9.34. The van der Waals surface area contributed by atoms with Crippen LogP contribution in [-0.4, -0.2) is 9.13 Å². The van der Waals surface area contributed by atoms with Gasteiger partial charge in [-0.2, -0.15) is 0 Å². The Hall–Kier alpha value is -7.42. The van der Waals surface area contributed by atoms with Gasteiger partial charge in [0.25, 0.3) is 0 Å². The Bertz CT molecular complexity index is 3990. The molecule has 2 nitrogen and oxygen atoms in total. The van der Waals surface area contributed by atoms with Crippen molar-refractivity contribution in [1.29, 1.82) is 0 Å². The molecule has 2 heterocycles. The van der Waals surface area contributed by atoms with E-state index in [-0.39, 0.29) is 48.3 Å². The molecule has 56 heavy (non-hydrogen) atoms. The normalized spacial score (nSPS) is 13.9. The topological polar surface area (TPSA) is 9.86 Å². The molecule has 260 valence electrons. The van der Waals surface area contributed by atoms with Crippen LogP contribution < -0.4 is 0 Å². The first-order valence-corrected chi connectivity index (χ1v) is 18.7. The number of para-hydroxylation sites is 1. The Balaban J connectivity index is 1.19. The van der Waals surface area contributed by atoms with Crippen molar-refractivity contribution in [2.45, 2.75) is 0 Å². The smallest absolute Gasteiger partial charge is 0.0645 e. The highest BCUT2D eigenvalue weighted by Crippen LogP contribution is 2.42. The van der Waals surface area contributed by atoms with Gasteiger partial charge < -0.3 is 9.13 Å². The molecular formula is C54H34N2. The number of fused-ring (bicyclic) bond motifs is 10. The summed E-state index contributed by atoms with van der Waals surface area (Å²) in [5.41, 5.74) is 8.48. The first kappa shape index (κ1) is 24.1. The maximum atomic E-state index is 9.34. The minimum absolute atomic E-state index is 0.127. The molecule has 0 saturated carbocycles. The van der Waals surface area contributed by atoms with Gasteiger partial charge in [0, 0.05) is 32.9 Å². The Morgan fingerprint density at radius 2 is 0.821 bits per heavy atom. The molecule has 0 fully saturated rings. The summed E-state index contributed by atoms with van der Waals surface area (Å²) in [5.74, 6) is 0. The number of aromatic nitrogens is 2. The third-order valence-electron chi connectivity index (χ3n) is 11.3. The van der Waals surface area contributed by atoms with Gasteiger partial charge in [-0.3, -0.25) is 0 Å². The molecule has 10 aromatic carbocycles. The molecule has 2 heteroatoms. The largest absolute Gasteiger partial charge is 0.309 e. The summed E-state index contributed by atoms with van der Waals surface area (Å²) in [7, 11) is 0. The van der Waals surface area contributed by atoms with Gasteiger partial charge in [0.05, 0.1) is 33.0 Å². The summed E-state index contributed by atoms with van der Waals surface area (Å²) in [6.07, 6.45) is 0. The van der Waals surface area contributed by atoms with Crippen LogP contribution in [-0.2, 0) is 0 Å². The molecule has 12 rings (SSSR count). The first-order chi connectivity index (χ1) is 31.1. The van der Waals surface area contributed by atoms with E-state index in [0.717, 1.165) is 66.2 Å². The van der Waals surface area contributed by atoms with Crippen molar-refractivity contribution in [2.75, 3.05) is 0 Å². The predicted molar refractivity (Wildman–Crippen MR) is 239 cm³/mol. The summed E-state index contributed by atoms with van der Waals surface area (Å²) >= 11 is 0. The van der Waals surface area contributed by atoms with E-state index in [1.807, 2.05) is 71.3 Å². The van der Waals surface area contributed by atoms with E-state index in [9.17, 15) is 4.11 Å².